The Morgan fingerprint density at radius 3 is 3.05 bits per heavy atom. The Morgan fingerprint density at radius 2 is 2.20 bits per heavy atom. The highest BCUT2D eigenvalue weighted by atomic mass is 32.1. The van der Waals surface area contributed by atoms with Gasteiger partial charge in [0.25, 0.3) is 5.56 Å². The van der Waals surface area contributed by atoms with Gasteiger partial charge in [-0.3, -0.25) is 9.36 Å². The molecule has 0 radical (unpaired) electrons. The van der Waals surface area contributed by atoms with Gasteiger partial charge < -0.3 is 5.32 Å². The lowest BCUT2D eigenvalue weighted by Crippen LogP contribution is -2.21. The van der Waals surface area contributed by atoms with Crippen LogP contribution in [-0.4, -0.2) is 25.7 Å². The van der Waals surface area contributed by atoms with Crippen molar-refractivity contribution < 1.29 is 0 Å². The summed E-state index contributed by atoms with van der Waals surface area (Å²) in [5.74, 6) is 0. The van der Waals surface area contributed by atoms with E-state index in [1.165, 1.54) is 11.5 Å². The summed E-state index contributed by atoms with van der Waals surface area (Å²) in [7, 11) is 0. The van der Waals surface area contributed by atoms with Gasteiger partial charge in [-0.2, -0.15) is 0 Å². The van der Waals surface area contributed by atoms with Crippen LogP contribution in [0.15, 0.2) is 35.4 Å². The molecular weight excluding hydrogens is 274 g/mol. The van der Waals surface area contributed by atoms with Gasteiger partial charge in [0.2, 0.25) is 0 Å². The lowest BCUT2D eigenvalue weighted by Gasteiger charge is -2.06. The van der Waals surface area contributed by atoms with E-state index in [4.69, 9.17) is 0 Å². The van der Waals surface area contributed by atoms with E-state index >= 15 is 0 Å². The molecule has 6 nitrogen and oxygen atoms in total. The minimum absolute atomic E-state index is 0.0638. The molecule has 0 amide bonds. The third kappa shape index (κ3) is 2.27. The molecule has 3 rings (SSSR count). The van der Waals surface area contributed by atoms with Crippen LogP contribution in [0.25, 0.3) is 10.9 Å². The summed E-state index contributed by atoms with van der Waals surface area (Å²) >= 11 is 1.29. The van der Waals surface area contributed by atoms with Crippen molar-refractivity contribution in [1.29, 1.82) is 0 Å². The van der Waals surface area contributed by atoms with Crippen molar-refractivity contribution >= 4 is 27.4 Å². The van der Waals surface area contributed by atoms with Gasteiger partial charge in [-0.15, -0.1) is 5.10 Å². The molecule has 0 unspecified atom stereocenters. The van der Waals surface area contributed by atoms with Crippen molar-refractivity contribution in [3.8, 4) is 0 Å². The molecule has 2 heterocycles. The van der Waals surface area contributed by atoms with Gasteiger partial charge in [-0.25, -0.2) is 4.98 Å². The first-order valence-corrected chi connectivity index (χ1v) is 7.06. The molecule has 3 aromatic rings. The SMILES string of the molecule is CCNc1snnc1Cn1cnc2ccccc2c1=O. The molecule has 0 atom stereocenters. The number of aromatic nitrogens is 4. The highest BCUT2D eigenvalue weighted by Crippen LogP contribution is 2.18. The summed E-state index contributed by atoms with van der Waals surface area (Å²) in [6.07, 6.45) is 1.56. The molecule has 0 bridgehead atoms. The van der Waals surface area contributed by atoms with Crippen LogP contribution in [0.1, 0.15) is 12.6 Å². The number of rotatable bonds is 4. The Hall–Kier alpha value is -2.28. The minimum atomic E-state index is -0.0638. The van der Waals surface area contributed by atoms with Gasteiger partial charge in [0, 0.05) is 18.1 Å². The number of fused-ring (bicyclic) bond motifs is 1. The van der Waals surface area contributed by atoms with Gasteiger partial charge in [0.05, 0.1) is 23.8 Å². The quantitative estimate of drug-likeness (QED) is 0.791. The second kappa shape index (κ2) is 5.38. The normalized spacial score (nSPS) is 10.8. The molecule has 0 aliphatic carbocycles. The van der Waals surface area contributed by atoms with Crippen molar-refractivity contribution in [3.05, 3.63) is 46.6 Å². The Labute approximate surface area is 119 Å². The van der Waals surface area contributed by atoms with E-state index in [9.17, 15) is 4.79 Å². The molecule has 0 aliphatic heterocycles. The van der Waals surface area contributed by atoms with Crippen LogP contribution >= 0.6 is 11.5 Å². The topological polar surface area (TPSA) is 72.7 Å². The van der Waals surface area contributed by atoms with E-state index in [-0.39, 0.29) is 5.56 Å². The second-order valence-electron chi connectivity index (χ2n) is 4.27. The monoisotopic (exact) mass is 287 g/mol. The first-order valence-electron chi connectivity index (χ1n) is 6.29. The molecule has 2 aromatic heterocycles. The predicted molar refractivity (Wildman–Crippen MR) is 79.2 cm³/mol. The van der Waals surface area contributed by atoms with E-state index in [0.717, 1.165) is 17.2 Å². The maximum atomic E-state index is 12.4. The molecular formula is C13H13N5OS. The largest absolute Gasteiger partial charge is 0.374 e. The van der Waals surface area contributed by atoms with Crippen LogP contribution in [0.3, 0.4) is 0 Å². The predicted octanol–water partition coefficient (Wildman–Crippen LogP) is 1.73. The number of nitrogens with zero attached hydrogens (tertiary/aromatic N) is 4. The first kappa shape index (κ1) is 12.7. The summed E-state index contributed by atoms with van der Waals surface area (Å²) in [6.45, 7) is 3.17. The van der Waals surface area contributed by atoms with E-state index in [0.29, 0.717) is 17.4 Å². The van der Waals surface area contributed by atoms with Crippen LogP contribution in [0.5, 0.6) is 0 Å². The third-order valence-corrected chi connectivity index (χ3v) is 3.67. The number of hydrogen-bond donors (Lipinski definition) is 1. The molecule has 1 N–H and O–H groups in total. The lowest BCUT2D eigenvalue weighted by molar-refractivity contribution is 0.727. The fourth-order valence-electron chi connectivity index (χ4n) is 1.99. The maximum absolute atomic E-state index is 12.4. The highest BCUT2D eigenvalue weighted by molar-refractivity contribution is 7.10. The van der Waals surface area contributed by atoms with Crippen LogP contribution in [0, 0.1) is 0 Å². The molecule has 0 saturated carbocycles. The Balaban J connectivity index is 2.01. The number of benzene rings is 1. The van der Waals surface area contributed by atoms with Gasteiger partial charge in [-0.1, -0.05) is 16.6 Å². The highest BCUT2D eigenvalue weighted by Gasteiger charge is 2.10. The molecule has 0 aliphatic rings. The fourth-order valence-corrected chi connectivity index (χ4v) is 2.63. The van der Waals surface area contributed by atoms with Crippen LogP contribution in [0.4, 0.5) is 5.00 Å². The molecule has 0 saturated heterocycles. The second-order valence-corrected chi connectivity index (χ2v) is 5.03. The Kier molecular flexibility index (Phi) is 3.42. The van der Waals surface area contributed by atoms with Crippen molar-refractivity contribution in [2.45, 2.75) is 13.5 Å². The van der Waals surface area contributed by atoms with Crippen molar-refractivity contribution in [2.75, 3.05) is 11.9 Å². The minimum Gasteiger partial charge on any atom is -0.374 e. The zero-order valence-electron chi connectivity index (χ0n) is 10.9. The summed E-state index contributed by atoms with van der Waals surface area (Å²) in [6, 6.07) is 7.32. The molecule has 0 spiro atoms. The van der Waals surface area contributed by atoms with Gasteiger partial charge in [-0.05, 0) is 19.1 Å². The number of para-hydroxylation sites is 1. The van der Waals surface area contributed by atoms with Crippen LogP contribution in [0.2, 0.25) is 0 Å². The maximum Gasteiger partial charge on any atom is 0.261 e. The molecule has 20 heavy (non-hydrogen) atoms. The standard InChI is InChI=1S/C13H13N5OS/c1-2-14-12-11(16-17-20-12)7-18-8-15-10-6-4-3-5-9(10)13(18)19/h3-6,8,14H,2,7H2,1H3. The van der Waals surface area contributed by atoms with Gasteiger partial charge >= 0.3 is 0 Å². The summed E-state index contributed by atoms with van der Waals surface area (Å²) < 4.78 is 5.48. The molecule has 0 fully saturated rings. The molecule has 102 valence electrons. The molecule has 1 aromatic carbocycles. The van der Waals surface area contributed by atoms with E-state index in [2.05, 4.69) is 19.9 Å². The smallest absolute Gasteiger partial charge is 0.261 e. The van der Waals surface area contributed by atoms with Gasteiger partial charge in [0.15, 0.2) is 0 Å². The number of nitrogens with one attached hydrogen (secondary N) is 1. The average Bonchev–Trinajstić information content (AvgIpc) is 2.90. The fraction of sp³-hybridized carbons (Fsp3) is 0.231. The van der Waals surface area contributed by atoms with E-state index < -0.39 is 0 Å². The molecule has 7 heteroatoms. The van der Waals surface area contributed by atoms with Crippen molar-refractivity contribution in [3.63, 3.8) is 0 Å². The van der Waals surface area contributed by atoms with Crippen molar-refractivity contribution in [2.24, 2.45) is 0 Å². The average molecular weight is 287 g/mol. The third-order valence-electron chi connectivity index (χ3n) is 2.94. The summed E-state index contributed by atoms with van der Waals surface area (Å²) in [5.41, 5.74) is 1.40. The van der Waals surface area contributed by atoms with E-state index in [1.54, 1.807) is 17.0 Å². The van der Waals surface area contributed by atoms with Gasteiger partial charge in [0.1, 0.15) is 10.7 Å². The zero-order valence-corrected chi connectivity index (χ0v) is 11.7. The van der Waals surface area contributed by atoms with Crippen LogP contribution in [-0.2, 0) is 6.54 Å². The summed E-state index contributed by atoms with van der Waals surface area (Å²) in [4.78, 5) is 16.7. The van der Waals surface area contributed by atoms with Crippen molar-refractivity contribution in [1.82, 2.24) is 19.1 Å². The zero-order chi connectivity index (χ0) is 13.9. The first-order chi connectivity index (χ1) is 9.79. The number of hydrogen-bond acceptors (Lipinski definition) is 6. The Morgan fingerprint density at radius 1 is 1.35 bits per heavy atom. The number of anilines is 1. The summed E-state index contributed by atoms with van der Waals surface area (Å²) in [5, 5.41) is 8.77. The Bertz CT molecular complexity index is 795. The van der Waals surface area contributed by atoms with E-state index in [1.807, 2.05) is 25.1 Å². The lowest BCUT2D eigenvalue weighted by atomic mass is 10.2. The van der Waals surface area contributed by atoms with Crippen LogP contribution < -0.4 is 10.9 Å².